The molecule has 1 heterocycles. The third kappa shape index (κ3) is 42.4. The van der Waals surface area contributed by atoms with Crippen molar-refractivity contribution in [3.63, 3.8) is 0 Å². The molecule has 0 aliphatic carbocycles. The molecule has 0 aliphatic heterocycles. The number of aliphatic carboxylic acids is 1. The molecule has 19 atom stereocenters. The fraction of sp³-hybridized carbons (Fsp3) is 0.563. The number of phenols is 1. The minimum Gasteiger partial charge on any atom is -0.508 e. The summed E-state index contributed by atoms with van der Waals surface area (Å²) < 4.78 is 0. The second-order valence-corrected chi connectivity index (χ2v) is 34.9. The van der Waals surface area contributed by atoms with Gasteiger partial charge in [0.2, 0.25) is 130 Å². The monoisotopic (exact) mass is 1980 g/mol. The lowest BCUT2D eigenvalue weighted by molar-refractivity contribution is -0.143. The van der Waals surface area contributed by atoms with Crippen molar-refractivity contribution in [2.45, 2.75) is 275 Å². The third-order valence-corrected chi connectivity index (χ3v) is 21.9. The van der Waals surface area contributed by atoms with Crippen molar-refractivity contribution >= 4 is 149 Å². The first-order chi connectivity index (χ1) is 65.1. The van der Waals surface area contributed by atoms with Crippen LogP contribution in [0.4, 0.5) is 0 Å². The summed E-state index contributed by atoms with van der Waals surface area (Å²) in [5.41, 5.74) is 33.7. The second kappa shape index (κ2) is 58.8. The van der Waals surface area contributed by atoms with Crippen LogP contribution in [0.3, 0.4) is 0 Å². The Morgan fingerprint density at radius 3 is 1.09 bits per heavy atom. The molecule has 0 saturated heterocycles. The molecule has 0 bridgehead atoms. The minimum absolute atomic E-state index is 0.00916. The molecule has 22 amide bonds. The Morgan fingerprint density at radius 1 is 0.360 bits per heavy atom. The van der Waals surface area contributed by atoms with Gasteiger partial charge in [0, 0.05) is 56.2 Å². The van der Waals surface area contributed by atoms with Crippen LogP contribution in [0.2, 0.25) is 0 Å². The van der Waals surface area contributed by atoms with Gasteiger partial charge in [-0.3, -0.25) is 105 Å². The number of nitrogens with zero attached hydrogens (tertiary/aromatic N) is 1. The molecule has 1 aromatic heterocycles. The number of aromatic nitrogens is 2. The number of imidazole rings is 1. The Balaban J connectivity index is 1.88. The summed E-state index contributed by atoms with van der Waals surface area (Å²) in [4.78, 5) is 318. The zero-order chi connectivity index (χ0) is 105. The van der Waals surface area contributed by atoms with E-state index in [2.05, 4.69) is 113 Å². The number of aliphatic hydroxyl groups is 1. The number of aromatic amines is 1. The Morgan fingerprint density at radius 2 is 0.676 bits per heavy atom. The summed E-state index contributed by atoms with van der Waals surface area (Å²) in [6.45, 7) is 16.5. The number of rotatable bonds is 62. The standard InChI is InChI=1S/C87H133N25O26S/c1-13-42(8)69(112-82(132)58(32-49-35-94-38-95-49)106-83(133)61(36-113)109-72(122)45(11)97-70(120)43(9)96-71(121)44(10)99-84(134)67(40(4)5)110-73(123)46(12)98-77(127)55(29-39(2)3)104-80(130)59(33-65(92)118)103-74(124)51(88)37-139)86(136)108-56(31-48-19-21-50(114)22-20-48)78(128)100-53(24-27-63(90)116)76(126)107-60(34-66(93)119)79(129)101-52(23-26-62(89)115)75(125)105-57(30-47-17-15-14-16-18-47)81(131)111-68(41(6)7)85(135)102-54(87(137)138)25-28-64(91)117/h14-22,35,38-46,51-61,67-69,113-114,139H,13,23-34,36-37,88H2,1-12H3,(H2,89,115)(H2,90,116)(H2,91,117)(H2,92,118)(H2,93,119)(H,94,95)(H,96,121)(H,97,120)(H,98,127)(H,99,134)(H,100,128)(H,101,129)(H,102,135)(H,103,124)(H,104,130)(H,105,125)(H,106,133)(H,107,126)(H,108,136)(H,109,122)(H,110,123)(H,111,131)(H,112,132)(H,137,138)/t42-,43-,44-,45-,46-,51-,52-,53-,54-,55-,56-,57-,58-,59-,60-,61-,67-,68-,69-/m0/s1. The lowest BCUT2D eigenvalue weighted by Gasteiger charge is -2.30. The summed E-state index contributed by atoms with van der Waals surface area (Å²) in [5.74, 6) is -27.4. The highest BCUT2D eigenvalue weighted by atomic mass is 32.1. The Hall–Kier alpha value is -14.5. The van der Waals surface area contributed by atoms with Gasteiger partial charge in [-0.15, -0.1) is 0 Å². The number of nitrogens with two attached hydrogens (primary N) is 6. The van der Waals surface area contributed by atoms with Crippen LogP contribution in [0.25, 0.3) is 0 Å². The maximum Gasteiger partial charge on any atom is 0.326 e. The molecule has 768 valence electrons. The van der Waals surface area contributed by atoms with Crippen LogP contribution < -0.4 is 125 Å². The van der Waals surface area contributed by atoms with Crippen molar-refractivity contribution < 1.29 is 126 Å². The van der Waals surface area contributed by atoms with Gasteiger partial charge in [0.05, 0.1) is 31.8 Å². The van der Waals surface area contributed by atoms with E-state index in [9.17, 15) is 126 Å². The Labute approximate surface area is 806 Å². The van der Waals surface area contributed by atoms with Crippen molar-refractivity contribution in [3.05, 3.63) is 83.9 Å². The van der Waals surface area contributed by atoms with Crippen LogP contribution in [-0.2, 0) is 130 Å². The minimum atomic E-state index is -2.08. The van der Waals surface area contributed by atoms with Gasteiger partial charge in [-0.2, -0.15) is 12.6 Å². The third-order valence-electron chi connectivity index (χ3n) is 21.5. The molecule has 0 unspecified atom stereocenters. The number of amides is 22. The SMILES string of the molecule is CC[C@H](C)[C@H](NC(=O)[C@H](Cc1cnc[nH]1)NC(=O)[C@H](CO)NC(=O)[C@H](C)NC(=O)[C@H](C)NC(=O)[C@H](C)NC(=O)[C@@H](NC(=O)[C@H](C)NC(=O)[C@H](CC(C)C)NC(=O)[C@H](CC(N)=O)NC(=O)[C@@H](N)CS)C(C)C)C(=O)N[C@@H](Cc1ccc(O)cc1)C(=O)N[C@@H](CCC(N)=O)C(=O)N[C@@H](CC(N)=O)C(=O)N[C@@H](CCC(N)=O)C(=O)N[C@@H](Cc1ccccc1)C(=O)N[C@H](C(=O)N[C@@H](CCC(N)=O)C(=O)O)C(C)C. The van der Waals surface area contributed by atoms with Crippen LogP contribution in [-0.4, -0.2) is 282 Å². The van der Waals surface area contributed by atoms with Gasteiger partial charge in [0.25, 0.3) is 0 Å². The molecule has 3 rings (SSSR count). The average Bonchev–Trinajstić information content (AvgIpc) is 1.36. The number of carbonyl (C=O) groups excluding carboxylic acids is 22. The molecular formula is C87H133N25O26S. The molecule has 0 aliphatic rings. The Kier molecular flexibility index (Phi) is 50.2. The van der Waals surface area contributed by atoms with Crippen LogP contribution in [0.5, 0.6) is 5.75 Å². The molecule has 33 N–H and O–H groups in total. The van der Waals surface area contributed by atoms with Crippen molar-refractivity contribution in [1.82, 2.24) is 100 Å². The number of nitrogens with one attached hydrogen (secondary N) is 18. The second-order valence-electron chi connectivity index (χ2n) is 34.5. The zero-order valence-electron chi connectivity index (χ0n) is 79.2. The number of hydrogen-bond acceptors (Lipinski definition) is 28. The summed E-state index contributed by atoms with van der Waals surface area (Å²) >= 11 is 3.96. The van der Waals surface area contributed by atoms with E-state index in [4.69, 9.17) is 34.4 Å². The highest BCUT2D eigenvalue weighted by molar-refractivity contribution is 7.80. The van der Waals surface area contributed by atoms with Crippen molar-refractivity contribution in [1.29, 1.82) is 0 Å². The molecule has 3 aromatic rings. The smallest absolute Gasteiger partial charge is 0.326 e. The molecule has 139 heavy (non-hydrogen) atoms. The van der Waals surface area contributed by atoms with Crippen LogP contribution >= 0.6 is 12.6 Å². The van der Waals surface area contributed by atoms with E-state index in [0.717, 1.165) is 0 Å². The number of thiol groups is 1. The fourth-order valence-corrected chi connectivity index (χ4v) is 13.4. The van der Waals surface area contributed by atoms with Gasteiger partial charge in [-0.1, -0.05) is 104 Å². The molecule has 0 spiro atoms. The molecule has 52 heteroatoms. The van der Waals surface area contributed by atoms with Gasteiger partial charge in [0.15, 0.2) is 0 Å². The molecule has 0 fully saturated rings. The van der Waals surface area contributed by atoms with E-state index in [1.54, 1.807) is 65.0 Å². The molecule has 51 nitrogen and oxygen atoms in total. The van der Waals surface area contributed by atoms with Crippen LogP contribution in [0.15, 0.2) is 67.1 Å². The maximum absolute atomic E-state index is 14.9. The average molecular weight is 1980 g/mol. The lowest BCUT2D eigenvalue weighted by Crippen LogP contribution is -2.62. The first-order valence-corrected chi connectivity index (χ1v) is 45.3. The number of hydrogen-bond donors (Lipinski definition) is 28. The number of aromatic hydroxyl groups is 1. The van der Waals surface area contributed by atoms with Gasteiger partial charge in [-0.05, 0) is 100 Å². The number of carboxylic acids is 1. The number of benzene rings is 2. The first kappa shape index (κ1) is 119. The number of aliphatic hydroxyl groups excluding tert-OH is 1. The quantitative estimate of drug-likeness (QED) is 0.0233. The summed E-state index contributed by atoms with van der Waals surface area (Å²) in [5, 5.41) is 71.7. The van der Waals surface area contributed by atoms with Gasteiger partial charge < -0.3 is 145 Å². The normalized spacial score (nSPS) is 15.2. The fourth-order valence-electron chi connectivity index (χ4n) is 13.3. The molecule has 0 saturated carbocycles. The summed E-state index contributed by atoms with van der Waals surface area (Å²) in [7, 11) is 0. The van der Waals surface area contributed by atoms with Crippen molar-refractivity contribution in [2.75, 3.05) is 12.4 Å². The van der Waals surface area contributed by atoms with E-state index in [1.165, 1.54) is 85.3 Å². The molecular weight excluding hydrogens is 1840 g/mol. The summed E-state index contributed by atoms with van der Waals surface area (Å²) in [6.07, 6.45) is -3.70. The van der Waals surface area contributed by atoms with E-state index in [-0.39, 0.29) is 47.9 Å². The highest BCUT2D eigenvalue weighted by Crippen LogP contribution is 2.18. The number of carboxylic acid groups (broad SMARTS) is 1. The van der Waals surface area contributed by atoms with Crippen LogP contribution in [0.1, 0.15) is 164 Å². The predicted molar refractivity (Wildman–Crippen MR) is 498 cm³/mol. The molecule has 0 radical (unpaired) electrons. The predicted octanol–water partition coefficient (Wildman–Crippen LogP) is -9.25. The van der Waals surface area contributed by atoms with E-state index < -0.39 is 333 Å². The maximum atomic E-state index is 14.9. The summed E-state index contributed by atoms with van der Waals surface area (Å²) in [6, 6.07) is -15.6. The van der Waals surface area contributed by atoms with Gasteiger partial charge in [0.1, 0.15) is 108 Å². The van der Waals surface area contributed by atoms with E-state index in [0.29, 0.717) is 5.56 Å². The zero-order valence-corrected chi connectivity index (χ0v) is 80.1. The number of primary amides is 5. The van der Waals surface area contributed by atoms with Crippen LogP contribution in [0, 0.1) is 23.7 Å². The van der Waals surface area contributed by atoms with E-state index >= 15 is 0 Å². The highest BCUT2D eigenvalue weighted by Gasteiger charge is 2.41. The van der Waals surface area contributed by atoms with E-state index in [1.807, 2.05) is 0 Å². The number of carbonyl (C=O) groups is 23. The number of phenolic OH excluding ortho intramolecular Hbond substituents is 1. The Bertz CT molecular complexity index is 4800. The van der Waals surface area contributed by atoms with Gasteiger partial charge >= 0.3 is 5.97 Å². The first-order valence-electron chi connectivity index (χ1n) is 44.7. The van der Waals surface area contributed by atoms with Crippen molar-refractivity contribution in [3.8, 4) is 5.75 Å². The molecule has 2 aromatic carbocycles. The topological polar surface area (TPSA) is 843 Å². The largest absolute Gasteiger partial charge is 0.508 e. The van der Waals surface area contributed by atoms with Crippen molar-refractivity contribution in [2.24, 2.45) is 58.1 Å². The lowest BCUT2D eigenvalue weighted by atomic mass is 9.96. The van der Waals surface area contributed by atoms with Gasteiger partial charge in [-0.25, -0.2) is 9.78 Å². The number of H-pyrrole nitrogens is 1.